The molecule has 0 aliphatic rings. The summed E-state index contributed by atoms with van der Waals surface area (Å²) in [7, 11) is 0. The zero-order valence-electron chi connectivity index (χ0n) is 8.49. The predicted molar refractivity (Wildman–Crippen MR) is 61.9 cm³/mol. The summed E-state index contributed by atoms with van der Waals surface area (Å²) in [4.78, 5) is 13.9. The van der Waals surface area contributed by atoms with Crippen LogP contribution in [0.3, 0.4) is 0 Å². The van der Waals surface area contributed by atoms with E-state index in [1.54, 1.807) is 6.07 Å². The van der Waals surface area contributed by atoms with Crippen molar-refractivity contribution in [2.45, 2.75) is 12.8 Å². The van der Waals surface area contributed by atoms with Gasteiger partial charge in [-0.05, 0) is 48.5 Å². The highest BCUT2D eigenvalue weighted by molar-refractivity contribution is 5.78. The Kier molecular flexibility index (Phi) is 2.83. The van der Waals surface area contributed by atoms with Crippen molar-refractivity contribution >= 4 is 10.9 Å². The van der Waals surface area contributed by atoms with E-state index in [1.165, 1.54) is 5.56 Å². The van der Waals surface area contributed by atoms with E-state index in [1.807, 2.05) is 18.2 Å². The highest BCUT2D eigenvalue weighted by Gasteiger charge is 1.97. The molecule has 0 aliphatic carbocycles. The van der Waals surface area contributed by atoms with Crippen LogP contribution in [0.5, 0.6) is 0 Å². The van der Waals surface area contributed by atoms with Crippen LogP contribution in [0.15, 0.2) is 35.1 Å². The Bertz CT molecular complexity index is 516. The molecule has 3 nitrogen and oxygen atoms in total. The zero-order chi connectivity index (χ0) is 10.7. The number of pyridine rings is 1. The number of nitrogens with two attached hydrogens (primary N) is 1. The number of aromatic amines is 1. The maximum atomic E-state index is 11.1. The molecule has 3 N–H and O–H groups in total. The summed E-state index contributed by atoms with van der Waals surface area (Å²) in [6.45, 7) is 0.712. The molecule has 1 aromatic carbocycles. The van der Waals surface area contributed by atoms with Crippen LogP contribution < -0.4 is 11.3 Å². The maximum absolute atomic E-state index is 11.1. The third-order valence-corrected chi connectivity index (χ3v) is 2.46. The van der Waals surface area contributed by atoms with Gasteiger partial charge in [-0.2, -0.15) is 0 Å². The fraction of sp³-hybridized carbons (Fsp3) is 0.250. The second kappa shape index (κ2) is 4.28. The van der Waals surface area contributed by atoms with Gasteiger partial charge in [-0.25, -0.2) is 0 Å². The highest BCUT2D eigenvalue weighted by Crippen LogP contribution is 2.13. The molecule has 0 unspecified atom stereocenters. The summed E-state index contributed by atoms with van der Waals surface area (Å²) in [6, 6.07) is 9.48. The molecule has 0 fully saturated rings. The number of benzene rings is 1. The minimum Gasteiger partial charge on any atom is -0.330 e. The monoisotopic (exact) mass is 202 g/mol. The van der Waals surface area contributed by atoms with Crippen molar-refractivity contribution in [3.63, 3.8) is 0 Å². The summed E-state index contributed by atoms with van der Waals surface area (Å²) in [6.07, 6.45) is 1.99. The second-order valence-electron chi connectivity index (χ2n) is 3.64. The first-order chi connectivity index (χ1) is 7.29. The molecule has 0 saturated carbocycles. The van der Waals surface area contributed by atoms with Crippen molar-refractivity contribution in [1.82, 2.24) is 4.98 Å². The summed E-state index contributed by atoms with van der Waals surface area (Å²) < 4.78 is 0. The van der Waals surface area contributed by atoms with E-state index >= 15 is 0 Å². The quantitative estimate of drug-likeness (QED) is 0.790. The summed E-state index contributed by atoms with van der Waals surface area (Å²) in [5.74, 6) is 0. The van der Waals surface area contributed by atoms with Gasteiger partial charge in [-0.1, -0.05) is 6.07 Å². The molecular weight excluding hydrogens is 188 g/mol. The van der Waals surface area contributed by atoms with E-state index in [0.29, 0.717) is 6.54 Å². The van der Waals surface area contributed by atoms with E-state index in [-0.39, 0.29) is 5.56 Å². The van der Waals surface area contributed by atoms with Crippen molar-refractivity contribution in [1.29, 1.82) is 0 Å². The molecule has 0 saturated heterocycles. The summed E-state index contributed by atoms with van der Waals surface area (Å²) in [5.41, 5.74) is 7.56. The Morgan fingerprint density at radius 1 is 1.20 bits per heavy atom. The average Bonchev–Trinajstić information content (AvgIpc) is 2.26. The number of H-pyrrole nitrogens is 1. The fourth-order valence-corrected chi connectivity index (χ4v) is 1.67. The summed E-state index contributed by atoms with van der Waals surface area (Å²) >= 11 is 0. The Labute approximate surface area is 87.9 Å². The maximum Gasteiger partial charge on any atom is 0.248 e. The molecule has 2 aromatic rings. The Morgan fingerprint density at radius 2 is 2.07 bits per heavy atom. The van der Waals surface area contributed by atoms with Crippen molar-refractivity contribution in [2.75, 3.05) is 6.54 Å². The van der Waals surface area contributed by atoms with Gasteiger partial charge in [0.2, 0.25) is 5.56 Å². The molecule has 78 valence electrons. The van der Waals surface area contributed by atoms with Crippen molar-refractivity contribution in [3.8, 4) is 0 Å². The van der Waals surface area contributed by atoms with Crippen LogP contribution in [0.2, 0.25) is 0 Å². The number of hydrogen-bond acceptors (Lipinski definition) is 2. The number of rotatable bonds is 3. The molecule has 3 heteroatoms. The molecule has 0 aliphatic heterocycles. The van der Waals surface area contributed by atoms with E-state index in [9.17, 15) is 4.79 Å². The van der Waals surface area contributed by atoms with Crippen molar-refractivity contribution in [2.24, 2.45) is 5.73 Å². The van der Waals surface area contributed by atoms with Crippen LogP contribution in [-0.2, 0) is 6.42 Å². The van der Waals surface area contributed by atoms with Crippen LogP contribution >= 0.6 is 0 Å². The lowest BCUT2D eigenvalue weighted by atomic mass is 10.1. The first-order valence-electron chi connectivity index (χ1n) is 5.11. The molecule has 1 aromatic heterocycles. The van der Waals surface area contributed by atoms with Crippen LogP contribution in [0, 0.1) is 0 Å². The largest absolute Gasteiger partial charge is 0.330 e. The van der Waals surface area contributed by atoms with Crippen molar-refractivity contribution < 1.29 is 0 Å². The molecule has 0 bridgehead atoms. The lowest BCUT2D eigenvalue weighted by Crippen LogP contribution is -2.03. The molecular formula is C12H14N2O. The number of aryl methyl sites for hydroxylation is 1. The zero-order valence-corrected chi connectivity index (χ0v) is 8.49. The van der Waals surface area contributed by atoms with Crippen LogP contribution in [0.4, 0.5) is 0 Å². The summed E-state index contributed by atoms with van der Waals surface area (Å²) in [5, 5.41) is 1.07. The molecule has 1 heterocycles. The number of hydrogen-bond donors (Lipinski definition) is 2. The standard InChI is InChI=1S/C12H14N2O/c13-7-1-2-9-3-5-11-10(8-9)4-6-12(15)14-11/h3-6,8H,1-2,7,13H2,(H,14,15). The Hall–Kier alpha value is -1.61. The van der Waals surface area contributed by atoms with Gasteiger partial charge in [0.15, 0.2) is 0 Å². The van der Waals surface area contributed by atoms with E-state index < -0.39 is 0 Å². The van der Waals surface area contributed by atoms with Gasteiger partial charge in [0.1, 0.15) is 0 Å². The molecule has 0 atom stereocenters. The smallest absolute Gasteiger partial charge is 0.248 e. The third-order valence-electron chi connectivity index (χ3n) is 2.46. The van der Waals surface area contributed by atoms with Gasteiger partial charge >= 0.3 is 0 Å². The molecule has 0 amide bonds. The minimum atomic E-state index is -0.0581. The third kappa shape index (κ3) is 2.25. The van der Waals surface area contributed by atoms with Gasteiger partial charge in [-0.3, -0.25) is 4.79 Å². The SMILES string of the molecule is NCCCc1ccc2[nH]c(=O)ccc2c1. The van der Waals surface area contributed by atoms with Gasteiger partial charge in [-0.15, -0.1) is 0 Å². The van der Waals surface area contributed by atoms with E-state index in [2.05, 4.69) is 11.1 Å². The normalized spacial score (nSPS) is 10.7. The molecule has 2 rings (SSSR count). The highest BCUT2D eigenvalue weighted by atomic mass is 16.1. The average molecular weight is 202 g/mol. The lowest BCUT2D eigenvalue weighted by Gasteiger charge is -2.02. The van der Waals surface area contributed by atoms with Crippen LogP contribution in [0.25, 0.3) is 10.9 Å². The molecule has 0 spiro atoms. The number of aromatic nitrogens is 1. The van der Waals surface area contributed by atoms with Crippen LogP contribution in [0.1, 0.15) is 12.0 Å². The Morgan fingerprint density at radius 3 is 2.87 bits per heavy atom. The number of fused-ring (bicyclic) bond motifs is 1. The van der Waals surface area contributed by atoms with E-state index in [4.69, 9.17) is 5.73 Å². The minimum absolute atomic E-state index is 0.0581. The first kappa shape index (κ1) is 9.93. The fourth-order valence-electron chi connectivity index (χ4n) is 1.67. The van der Waals surface area contributed by atoms with Gasteiger partial charge in [0.25, 0.3) is 0 Å². The Balaban J connectivity index is 2.39. The first-order valence-corrected chi connectivity index (χ1v) is 5.11. The predicted octanol–water partition coefficient (Wildman–Crippen LogP) is 1.42. The molecule has 0 radical (unpaired) electrons. The molecule has 15 heavy (non-hydrogen) atoms. The van der Waals surface area contributed by atoms with E-state index in [0.717, 1.165) is 23.7 Å². The van der Waals surface area contributed by atoms with Gasteiger partial charge in [0, 0.05) is 11.6 Å². The van der Waals surface area contributed by atoms with Crippen molar-refractivity contribution in [3.05, 3.63) is 46.2 Å². The topological polar surface area (TPSA) is 58.9 Å². The van der Waals surface area contributed by atoms with Crippen LogP contribution in [-0.4, -0.2) is 11.5 Å². The lowest BCUT2D eigenvalue weighted by molar-refractivity contribution is 0.833. The van der Waals surface area contributed by atoms with Gasteiger partial charge < -0.3 is 10.7 Å². The van der Waals surface area contributed by atoms with Gasteiger partial charge in [0.05, 0.1) is 0 Å². The second-order valence-corrected chi connectivity index (χ2v) is 3.64. The number of nitrogens with one attached hydrogen (secondary N) is 1.